The second-order valence-electron chi connectivity index (χ2n) is 14.7. The second kappa shape index (κ2) is 13.6. The van der Waals surface area contributed by atoms with Gasteiger partial charge in [0.25, 0.3) is 0 Å². The normalized spacial score (nSPS) is 19.0. The average molecular weight is 707 g/mol. The van der Waals surface area contributed by atoms with Gasteiger partial charge in [0, 0.05) is 63.5 Å². The Morgan fingerprint density at radius 2 is 1.40 bits per heavy atom. The first-order valence-corrected chi connectivity index (χ1v) is 17.8. The molecule has 0 saturated heterocycles. The molecule has 0 fully saturated rings. The molecular formula is C40H42Cl3NO4. The van der Waals surface area contributed by atoms with Gasteiger partial charge >= 0.3 is 0 Å². The summed E-state index contributed by atoms with van der Waals surface area (Å²) >= 11 is 19.5. The van der Waals surface area contributed by atoms with Crippen molar-refractivity contribution in [3.05, 3.63) is 115 Å². The number of Topliss-reactive ketones (excluding diaryl/α,β-unsaturated/α-hetero) is 2. The monoisotopic (exact) mass is 705 g/mol. The van der Waals surface area contributed by atoms with E-state index in [4.69, 9.17) is 44.3 Å². The first-order valence-electron chi connectivity index (χ1n) is 16.6. The van der Waals surface area contributed by atoms with Crippen molar-refractivity contribution in [2.75, 3.05) is 13.2 Å². The molecule has 48 heavy (non-hydrogen) atoms. The van der Waals surface area contributed by atoms with Gasteiger partial charge in [0.1, 0.15) is 6.61 Å². The van der Waals surface area contributed by atoms with Crippen LogP contribution >= 0.6 is 34.8 Å². The van der Waals surface area contributed by atoms with Gasteiger partial charge in [-0.3, -0.25) is 9.59 Å². The molecule has 3 aromatic rings. The number of rotatable bonds is 9. The van der Waals surface area contributed by atoms with Crippen LogP contribution in [0.25, 0.3) is 0 Å². The Labute approximate surface area is 298 Å². The third-order valence-corrected chi connectivity index (χ3v) is 10.4. The number of ketones is 2. The van der Waals surface area contributed by atoms with Crippen LogP contribution in [0.4, 0.5) is 0 Å². The highest BCUT2D eigenvalue weighted by Crippen LogP contribution is 2.55. The van der Waals surface area contributed by atoms with Gasteiger partial charge < -0.3 is 14.4 Å². The lowest BCUT2D eigenvalue weighted by Crippen LogP contribution is -2.45. The molecule has 2 aliphatic carbocycles. The zero-order valence-electron chi connectivity index (χ0n) is 28.2. The molecule has 6 rings (SSSR count). The van der Waals surface area contributed by atoms with Crippen molar-refractivity contribution < 1.29 is 19.1 Å². The molecule has 0 amide bonds. The fourth-order valence-corrected chi connectivity index (χ4v) is 8.22. The predicted molar refractivity (Wildman–Crippen MR) is 193 cm³/mol. The van der Waals surface area contributed by atoms with Crippen LogP contribution in [0.5, 0.6) is 11.5 Å². The number of hydrogen-bond acceptors (Lipinski definition) is 5. The maximum atomic E-state index is 14.3. The highest BCUT2D eigenvalue weighted by Gasteiger charge is 2.49. The zero-order chi connectivity index (χ0) is 34.4. The van der Waals surface area contributed by atoms with Crippen LogP contribution < -0.4 is 9.47 Å². The topological polar surface area (TPSA) is 55.8 Å². The Kier molecular flexibility index (Phi) is 9.79. The summed E-state index contributed by atoms with van der Waals surface area (Å²) in [6.07, 6.45) is 3.09. The molecule has 252 valence electrons. The van der Waals surface area contributed by atoms with E-state index in [9.17, 15) is 9.59 Å². The number of allylic oxidation sites excluding steroid dienone is 4. The minimum absolute atomic E-state index is 0.0759. The summed E-state index contributed by atoms with van der Waals surface area (Å²) < 4.78 is 12.3. The SMILES string of the molecule is CCOc1cc(C2C3=C(CC(C)(C)CC3=O)N(CCc3ccccc3)C3=C2C(=O)CC(C)(C)C3)cc(Cl)c1OCc1ccc(Cl)cc1Cl. The molecule has 0 atom stereocenters. The third-order valence-electron chi connectivity index (χ3n) is 9.54. The molecule has 5 nitrogen and oxygen atoms in total. The Balaban J connectivity index is 1.48. The maximum absolute atomic E-state index is 14.3. The van der Waals surface area contributed by atoms with Crippen molar-refractivity contribution in [1.82, 2.24) is 4.90 Å². The van der Waals surface area contributed by atoms with E-state index in [-0.39, 0.29) is 29.0 Å². The van der Waals surface area contributed by atoms with E-state index >= 15 is 0 Å². The predicted octanol–water partition coefficient (Wildman–Crippen LogP) is 10.6. The van der Waals surface area contributed by atoms with Gasteiger partial charge in [0.2, 0.25) is 0 Å². The van der Waals surface area contributed by atoms with E-state index in [1.54, 1.807) is 12.1 Å². The van der Waals surface area contributed by atoms with Crippen LogP contribution in [-0.4, -0.2) is 29.6 Å². The van der Waals surface area contributed by atoms with Gasteiger partial charge in [0.05, 0.1) is 11.6 Å². The van der Waals surface area contributed by atoms with Crippen LogP contribution in [-0.2, 0) is 22.6 Å². The Morgan fingerprint density at radius 1 is 0.771 bits per heavy atom. The summed E-state index contributed by atoms with van der Waals surface area (Å²) in [6.45, 7) is 11.7. The third kappa shape index (κ3) is 7.06. The number of ether oxygens (including phenoxy) is 2. The minimum atomic E-state index is -0.549. The van der Waals surface area contributed by atoms with Crippen molar-refractivity contribution in [3.8, 4) is 11.5 Å². The Hall–Kier alpha value is -3.25. The smallest absolute Gasteiger partial charge is 0.180 e. The molecule has 0 spiro atoms. The first kappa shape index (κ1) is 34.6. The lowest BCUT2D eigenvalue weighted by molar-refractivity contribution is -0.119. The van der Waals surface area contributed by atoms with E-state index in [0.717, 1.165) is 41.8 Å². The molecule has 0 unspecified atom stereocenters. The van der Waals surface area contributed by atoms with Gasteiger partial charge in [-0.15, -0.1) is 0 Å². The molecule has 3 aliphatic rings. The van der Waals surface area contributed by atoms with Crippen molar-refractivity contribution in [1.29, 1.82) is 0 Å². The van der Waals surface area contributed by atoms with E-state index in [1.807, 2.05) is 31.2 Å². The Morgan fingerprint density at radius 3 is 1.98 bits per heavy atom. The fraction of sp³-hybridized carbons (Fsp3) is 0.400. The van der Waals surface area contributed by atoms with Crippen LogP contribution in [0, 0.1) is 10.8 Å². The first-order chi connectivity index (χ1) is 22.8. The quantitative estimate of drug-likeness (QED) is 0.222. The molecule has 0 saturated carbocycles. The Bertz CT molecular complexity index is 1770. The summed E-state index contributed by atoms with van der Waals surface area (Å²) in [5.41, 5.74) is 5.74. The van der Waals surface area contributed by atoms with Crippen molar-refractivity contribution in [2.45, 2.75) is 79.2 Å². The summed E-state index contributed by atoms with van der Waals surface area (Å²) in [5, 5.41) is 1.36. The van der Waals surface area contributed by atoms with Gasteiger partial charge in [-0.1, -0.05) is 98.9 Å². The fourth-order valence-electron chi connectivity index (χ4n) is 7.48. The number of halogens is 3. The molecule has 0 aromatic heterocycles. The standard InChI is InChI=1S/C40H42Cl3NO4/c1-6-47-34-17-26(16-29(43)38(34)48-23-25-12-13-27(41)18-28(25)42)35-36-30(19-39(2,3)21-32(36)45)44(15-14-24-10-8-7-9-11-24)31-20-40(4,5)22-33(46)37(31)35/h7-13,16-18,35H,6,14-15,19-23H2,1-5H3. The second-order valence-corrected chi connectivity index (χ2v) is 16.0. The highest BCUT2D eigenvalue weighted by molar-refractivity contribution is 6.35. The van der Waals surface area contributed by atoms with Gasteiger partial charge in [-0.25, -0.2) is 0 Å². The van der Waals surface area contributed by atoms with E-state index < -0.39 is 5.92 Å². The number of nitrogens with zero attached hydrogens (tertiary/aromatic N) is 1. The van der Waals surface area contributed by atoms with Crippen LogP contribution in [0.3, 0.4) is 0 Å². The number of hydrogen-bond donors (Lipinski definition) is 0. The molecule has 1 aliphatic heterocycles. The van der Waals surface area contributed by atoms with Crippen molar-refractivity contribution >= 4 is 46.4 Å². The van der Waals surface area contributed by atoms with Crippen LogP contribution in [0.15, 0.2) is 83.2 Å². The van der Waals surface area contributed by atoms with Crippen LogP contribution in [0.2, 0.25) is 15.1 Å². The molecule has 8 heteroatoms. The summed E-state index contributed by atoms with van der Waals surface area (Å²) in [7, 11) is 0. The lowest BCUT2D eigenvalue weighted by atomic mass is 9.63. The molecule has 0 bridgehead atoms. The summed E-state index contributed by atoms with van der Waals surface area (Å²) in [4.78, 5) is 30.9. The molecule has 3 aromatic carbocycles. The zero-order valence-corrected chi connectivity index (χ0v) is 30.5. The largest absolute Gasteiger partial charge is 0.490 e. The molecule has 0 N–H and O–H groups in total. The molecule has 1 heterocycles. The molecule has 0 radical (unpaired) electrons. The van der Waals surface area contributed by atoms with Crippen molar-refractivity contribution in [3.63, 3.8) is 0 Å². The van der Waals surface area contributed by atoms with Crippen LogP contribution in [0.1, 0.15) is 82.9 Å². The average Bonchev–Trinajstić information content (AvgIpc) is 2.99. The number of benzene rings is 3. The van der Waals surface area contributed by atoms with E-state index in [1.165, 1.54) is 5.56 Å². The van der Waals surface area contributed by atoms with Gasteiger partial charge in [0.15, 0.2) is 23.1 Å². The minimum Gasteiger partial charge on any atom is -0.490 e. The molecular weight excluding hydrogens is 665 g/mol. The van der Waals surface area contributed by atoms with Gasteiger partial charge in [-0.2, -0.15) is 0 Å². The van der Waals surface area contributed by atoms with Crippen molar-refractivity contribution in [2.24, 2.45) is 10.8 Å². The number of carbonyl (C=O) groups is 2. The van der Waals surface area contributed by atoms with E-state index in [0.29, 0.717) is 63.7 Å². The number of carbonyl (C=O) groups excluding carboxylic acids is 2. The lowest BCUT2D eigenvalue weighted by Gasteiger charge is -2.49. The maximum Gasteiger partial charge on any atom is 0.180 e. The van der Waals surface area contributed by atoms with Gasteiger partial charge in [-0.05, 0) is 72.4 Å². The summed E-state index contributed by atoms with van der Waals surface area (Å²) in [5.74, 6) is 0.433. The summed E-state index contributed by atoms with van der Waals surface area (Å²) in [6, 6.07) is 19.4. The van der Waals surface area contributed by atoms with E-state index in [2.05, 4.69) is 56.9 Å². The highest BCUT2D eigenvalue weighted by atomic mass is 35.5.